The van der Waals surface area contributed by atoms with Gasteiger partial charge in [-0.1, -0.05) is 6.08 Å². The summed E-state index contributed by atoms with van der Waals surface area (Å²) in [7, 11) is 0. The van der Waals surface area contributed by atoms with Crippen molar-refractivity contribution in [1.29, 1.82) is 0 Å². The number of hydrazine groups is 1. The van der Waals surface area contributed by atoms with Crippen molar-refractivity contribution in [3.63, 3.8) is 0 Å². The van der Waals surface area contributed by atoms with Gasteiger partial charge in [0, 0.05) is 6.54 Å². The van der Waals surface area contributed by atoms with E-state index in [0.717, 1.165) is 0 Å². The lowest BCUT2D eigenvalue weighted by Crippen LogP contribution is -2.37. The van der Waals surface area contributed by atoms with Gasteiger partial charge in [-0.3, -0.25) is 10.2 Å². The highest BCUT2D eigenvalue weighted by Gasteiger charge is 1.92. The Kier molecular flexibility index (Phi) is 4.76. The normalized spacial score (nSPS) is 8.56. The minimum atomic E-state index is -0.225. The highest BCUT2D eigenvalue weighted by molar-refractivity contribution is 5.77. The molecule has 9 heavy (non-hydrogen) atoms. The zero-order valence-corrected chi connectivity index (χ0v) is 5.18. The van der Waals surface area contributed by atoms with Crippen LogP contribution in [0.4, 0.5) is 0 Å². The summed E-state index contributed by atoms with van der Waals surface area (Å²) in [4.78, 5) is 10.4. The van der Waals surface area contributed by atoms with Gasteiger partial charge in [0.1, 0.15) is 0 Å². The Morgan fingerprint density at radius 3 is 2.89 bits per heavy atom. The van der Waals surface area contributed by atoms with Crippen LogP contribution in [0.2, 0.25) is 0 Å². The summed E-state index contributed by atoms with van der Waals surface area (Å²) in [5.41, 5.74) is 1.99. The highest BCUT2D eigenvalue weighted by atomic mass is 16.2. The monoisotopic (exact) mass is 129 g/mol. The van der Waals surface area contributed by atoms with Gasteiger partial charge in [0.15, 0.2) is 0 Å². The molecule has 0 aromatic heterocycles. The minimum Gasteiger partial charge on any atom is -0.305 e. The van der Waals surface area contributed by atoms with Crippen molar-refractivity contribution >= 4 is 5.91 Å². The predicted molar refractivity (Wildman–Crippen MR) is 35.4 cm³/mol. The number of nitrogens with one attached hydrogen (secondary N) is 2. The van der Waals surface area contributed by atoms with Crippen LogP contribution < -0.4 is 16.6 Å². The van der Waals surface area contributed by atoms with Gasteiger partial charge >= 0.3 is 0 Å². The number of rotatable bonds is 4. The van der Waals surface area contributed by atoms with Crippen LogP contribution in [0.5, 0.6) is 0 Å². The van der Waals surface area contributed by atoms with E-state index in [9.17, 15) is 4.79 Å². The lowest BCUT2D eigenvalue weighted by atomic mass is 10.5. The fourth-order valence-corrected chi connectivity index (χ4v) is 0.339. The second-order valence-electron chi connectivity index (χ2n) is 1.49. The first-order valence-corrected chi connectivity index (χ1v) is 2.62. The Morgan fingerprint density at radius 1 is 1.78 bits per heavy atom. The number of hydrogen-bond donors (Lipinski definition) is 3. The first-order chi connectivity index (χ1) is 4.31. The van der Waals surface area contributed by atoms with E-state index >= 15 is 0 Å². The zero-order valence-electron chi connectivity index (χ0n) is 5.18. The molecule has 0 spiro atoms. The Bertz CT molecular complexity index is 102. The van der Waals surface area contributed by atoms with Gasteiger partial charge in [0.25, 0.3) is 0 Å². The maximum Gasteiger partial charge on any atom is 0.247 e. The topological polar surface area (TPSA) is 67.2 Å². The van der Waals surface area contributed by atoms with Crippen molar-refractivity contribution < 1.29 is 4.79 Å². The Hall–Kier alpha value is -0.870. The number of hydrogen-bond acceptors (Lipinski definition) is 3. The fraction of sp³-hybridized carbons (Fsp3) is 0.400. The molecule has 4 N–H and O–H groups in total. The Morgan fingerprint density at radius 2 is 2.44 bits per heavy atom. The van der Waals surface area contributed by atoms with Crippen molar-refractivity contribution in [3.05, 3.63) is 12.7 Å². The molecule has 0 bridgehead atoms. The van der Waals surface area contributed by atoms with E-state index in [1.54, 1.807) is 6.08 Å². The van der Waals surface area contributed by atoms with Crippen LogP contribution in [0.3, 0.4) is 0 Å². The molecule has 0 aromatic carbocycles. The molecule has 0 aliphatic heterocycles. The van der Waals surface area contributed by atoms with Crippen molar-refractivity contribution in [2.75, 3.05) is 13.1 Å². The van der Waals surface area contributed by atoms with Gasteiger partial charge in [0.2, 0.25) is 5.91 Å². The zero-order chi connectivity index (χ0) is 7.11. The molecule has 0 saturated carbocycles. The van der Waals surface area contributed by atoms with E-state index in [2.05, 4.69) is 11.9 Å². The van der Waals surface area contributed by atoms with E-state index in [1.165, 1.54) is 0 Å². The third kappa shape index (κ3) is 4.99. The number of amides is 1. The van der Waals surface area contributed by atoms with E-state index in [-0.39, 0.29) is 12.5 Å². The third-order valence-corrected chi connectivity index (χ3v) is 0.735. The molecule has 0 rings (SSSR count). The molecule has 0 saturated heterocycles. The standard InChI is InChI=1S/C5H11N3O/c1-2-3-7-4-5(9)8-6/h2,7H,1,3-4,6H2,(H,8,9). The first kappa shape index (κ1) is 8.13. The molecule has 52 valence electrons. The molecule has 0 unspecified atom stereocenters. The molecular weight excluding hydrogens is 118 g/mol. The van der Waals surface area contributed by atoms with Gasteiger partial charge in [0.05, 0.1) is 6.54 Å². The van der Waals surface area contributed by atoms with Crippen molar-refractivity contribution in [1.82, 2.24) is 10.7 Å². The maximum atomic E-state index is 10.4. The first-order valence-electron chi connectivity index (χ1n) is 2.62. The molecule has 0 aromatic rings. The molecular formula is C5H11N3O. The van der Waals surface area contributed by atoms with E-state index in [0.29, 0.717) is 6.54 Å². The summed E-state index contributed by atoms with van der Waals surface area (Å²) in [5.74, 6) is 4.56. The molecule has 0 aliphatic rings. The molecule has 0 heterocycles. The molecule has 0 fully saturated rings. The highest BCUT2D eigenvalue weighted by Crippen LogP contribution is 1.60. The number of carbonyl (C=O) groups excluding carboxylic acids is 1. The molecule has 4 nitrogen and oxygen atoms in total. The molecule has 0 aliphatic carbocycles. The SMILES string of the molecule is C=CCNCC(=O)NN. The van der Waals surface area contributed by atoms with Crippen LogP contribution >= 0.6 is 0 Å². The van der Waals surface area contributed by atoms with Crippen molar-refractivity contribution in [2.45, 2.75) is 0 Å². The van der Waals surface area contributed by atoms with Crippen LogP contribution in [-0.2, 0) is 4.79 Å². The lowest BCUT2D eigenvalue weighted by molar-refractivity contribution is -0.120. The number of carbonyl (C=O) groups is 1. The summed E-state index contributed by atoms with van der Waals surface area (Å²) in [6.45, 7) is 4.31. The average Bonchev–Trinajstić information content (AvgIpc) is 1.89. The summed E-state index contributed by atoms with van der Waals surface area (Å²) in [6, 6.07) is 0. The van der Waals surface area contributed by atoms with Crippen LogP contribution in [0.1, 0.15) is 0 Å². The van der Waals surface area contributed by atoms with Crippen LogP contribution in [0, 0.1) is 0 Å². The number of nitrogens with two attached hydrogens (primary N) is 1. The van der Waals surface area contributed by atoms with Gasteiger partial charge in [-0.2, -0.15) is 0 Å². The molecule has 0 atom stereocenters. The quantitative estimate of drug-likeness (QED) is 0.146. The summed E-state index contributed by atoms with van der Waals surface area (Å²) < 4.78 is 0. The minimum absolute atomic E-state index is 0.225. The van der Waals surface area contributed by atoms with Crippen LogP contribution in [0.25, 0.3) is 0 Å². The smallest absolute Gasteiger partial charge is 0.247 e. The lowest BCUT2D eigenvalue weighted by Gasteiger charge is -1.97. The summed E-state index contributed by atoms with van der Waals surface area (Å²) in [6.07, 6.45) is 1.67. The molecule has 0 radical (unpaired) electrons. The van der Waals surface area contributed by atoms with Crippen molar-refractivity contribution in [3.8, 4) is 0 Å². The van der Waals surface area contributed by atoms with E-state index < -0.39 is 0 Å². The van der Waals surface area contributed by atoms with Gasteiger partial charge in [-0.15, -0.1) is 6.58 Å². The van der Waals surface area contributed by atoms with Gasteiger partial charge < -0.3 is 5.32 Å². The van der Waals surface area contributed by atoms with Crippen molar-refractivity contribution in [2.24, 2.45) is 5.84 Å². The van der Waals surface area contributed by atoms with Crippen LogP contribution in [-0.4, -0.2) is 19.0 Å². The second kappa shape index (κ2) is 5.27. The average molecular weight is 129 g/mol. The second-order valence-corrected chi connectivity index (χ2v) is 1.49. The summed E-state index contributed by atoms with van der Waals surface area (Å²) in [5, 5.41) is 2.78. The fourth-order valence-electron chi connectivity index (χ4n) is 0.339. The van der Waals surface area contributed by atoms with Gasteiger partial charge in [-0.25, -0.2) is 5.84 Å². The van der Waals surface area contributed by atoms with E-state index in [1.807, 2.05) is 5.43 Å². The van der Waals surface area contributed by atoms with Crippen LogP contribution in [0.15, 0.2) is 12.7 Å². The summed E-state index contributed by atoms with van der Waals surface area (Å²) >= 11 is 0. The third-order valence-electron chi connectivity index (χ3n) is 0.735. The Labute approximate surface area is 54.1 Å². The Balaban J connectivity index is 3.06. The van der Waals surface area contributed by atoms with E-state index in [4.69, 9.17) is 5.84 Å². The largest absolute Gasteiger partial charge is 0.305 e. The predicted octanol–water partition coefficient (Wildman–Crippen LogP) is -1.25. The molecule has 1 amide bonds. The van der Waals surface area contributed by atoms with Gasteiger partial charge in [-0.05, 0) is 0 Å². The molecule has 4 heteroatoms. The maximum absolute atomic E-state index is 10.4.